The van der Waals surface area contributed by atoms with E-state index in [4.69, 9.17) is 4.74 Å². The molecule has 0 bridgehead atoms. The Labute approximate surface area is 130 Å². The van der Waals surface area contributed by atoms with Crippen LogP contribution in [0.5, 0.6) is 0 Å². The molecule has 0 aromatic carbocycles. The van der Waals surface area contributed by atoms with Gasteiger partial charge in [-0.15, -0.1) is 0 Å². The first-order chi connectivity index (χ1) is 10.3. The monoisotopic (exact) mass is 292 g/mol. The van der Waals surface area contributed by atoms with Crippen LogP contribution in [0.2, 0.25) is 0 Å². The van der Waals surface area contributed by atoms with Crippen molar-refractivity contribution in [3.63, 3.8) is 0 Å². The molecule has 2 heteroatoms. The summed E-state index contributed by atoms with van der Waals surface area (Å²) in [7, 11) is 0. The van der Waals surface area contributed by atoms with Crippen molar-refractivity contribution in [3.8, 4) is 0 Å². The Morgan fingerprint density at radius 2 is 1.67 bits per heavy atom. The summed E-state index contributed by atoms with van der Waals surface area (Å²) < 4.78 is 6.13. The molecule has 0 N–H and O–H groups in total. The van der Waals surface area contributed by atoms with Gasteiger partial charge < -0.3 is 4.74 Å². The molecular weight excluding hydrogens is 260 g/mol. The summed E-state index contributed by atoms with van der Waals surface area (Å²) in [5.74, 6) is 1.69. The van der Waals surface area contributed by atoms with E-state index in [1.54, 1.807) is 0 Å². The first-order valence-corrected chi connectivity index (χ1v) is 9.44. The van der Waals surface area contributed by atoms with Crippen LogP contribution in [0.1, 0.15) is 89.9 Å². The second kappa shape index (κ2) is 7.26. The molecule has 21 heavy (non-hydrogen) atoms. The van der Waals surface area contributed by atoms with E-state index in [1.807, 2.05) is 0 Å². The normalized spacial score (nSPS) is 30.4. The zero-order valence-electron chi connectivity index (χ0n) is 13.6. The van der Waals surface area contributed by atoms with Crippen molar-refractivity contribution in [2.75, 3.05) is 6.61 Å². The predicted molar refractivity (Wildman–Crippen MR) is 85.3 cm³/mol. The number of carbonyl (C=O) groups is 1. The highest BCUT2D eigenvalue weighted by Gasteiger charge is 2.40. The van der Waals surface area contributed by atoms with Crippen LogP contribution in [0.3, 0.4) is 0 Å². The maximum atomic E-state index is 12.6. The fraction of sp³-hybridized carbons (Fsp3) is 0.947. The van der Waals surface area contributed by atoms with E-state index < -0.39 is 0 Å². The molecule has 1 spiro atoms. The minimum absolute atomic E-state index is 0.0850. The van der Waals surface area contributed by atoms with Gasteiger partial charge in [-0.3, -0.25) is 4.79 Å². The van der Waals surface area contributed by atoms with Crippen molar-refractivity contribution in [1.82, 2.24) is 0 Å². The largest absolute Gasteiger partial charge is 0.375 e. The summed E-state index contributed by atoms with van der Waals surface area (Å²) in [6.07, 6.45) is 17.2. The highest BCUT2D eigenvalue weighted by Crippen LogP contribution is 2.41. The van der Waals surface area contributed by atoms with Gasteiger partial charge in [-0.2, -0.15) is 0 Å². The Bertz CT molecular complexity index is 332. The standard InChI is InChI=1S/C19H32O2/c20-18(10-9-16-7-3-1-4-8-16)17-11-14-21-19(15-17)12-5-2-6-13-19/h16-17H,1-15H2. The smallest absolute Gasteiger partial charge is 0.136 e. The highest BCUT2D eigenvalue weighted by molar-refractivity contribution is 5.81. The van der Waals surface area contributed by atoms with Gasteiger partial charge in [0.25, 0.3) is 0 Å². The van der Waals surface area contributed by atoms with Crippen LogP contribution in [-0.4, -0.2) is 18.0 Å². The molecule has 2 saturated carbocycles. The number of carbonyl (C=O) groups excluding carboxylic acids is 1. The Balaban J connectivity index is 1.47. The third kappa shape index (κ3) is 4.09. The molecule has 120 valence electrons. The van der Waals surface area contributed by atoms with Crippen LogP contribution in [0.15, 0.2) is 0 Å². The Morgan fingerprint density at radius 3 is 2.43 bits per heavy atom. The molecule has 1 unspecified atom stereocenters. The van der Waals surface area contributed by atoms with E-state index >= 15 is 0 Å². The molecule has 2 aliphatic carbocycles. The van der Waals surface area contributed by atoms with Gasteiger partial charge in [-0.05, 0) is 38.0 Å². The van der Waals surface area contributed by atoms with Crippen LogP contribution in [0, 0.1) is 11.8 Å². The number of rotatable bonds is 4. The Hall–Kier alpha value is -0.370. The molecular formula is C19H32O2. The van der Waals surface area contributed by atoms with E-state index in [2.05, 4.69) is 0 Å². The van der Waals surface area contributed by atoms with Gasteiger partial charge in [-0.25, -0.2) is 0 Å². The summed E-state index contributed by atoms with van der Waals surface area (Å²) >= 11 is 0. The molecule has 1 atom stereocenters. The summed E-state index contributed by atoms with van der Waals surface area (Å²) in [6.45, 7) is 0.819. The topological polar surface area (TPSA) is 26.3 Å². The molecule has 1 aliphatic heterocycles. The molecule has 0 aromatic heterocycles. The lowest BCUT2D eigenvalue weighted by atomic mass is 9.74. The SMILES string of the molecule is O=C(CCC1CCCCC1)C1CCOC2(CCCCC2)C1. The predicted octanol–water partition coefficient (Wildman–Crippen LogP) is 5.05. The summed E-state index contributed by atoms with van der Waals surface area (Å²) in [6, 6.07) is 0. The van der Waals surface area contributed by atoms with Crippen LogP contribution >= 0.6 is 0 Å². The average Bonchev–Trinajstić information content (AvgIpc) is 2.54. The molecule has 1 heterocycles. The summed E-state index contributed by atoms with van der Waals surface area (Å²) in [4.78, 5) is 12.6. The van der Waals surface area contributed by atoms with Crippen molar-refractivity contribution in [2.24, 2.45) is 11.8 Å². The van der Waals surface area contributed by atoms with Gasteiger partial charge in [0, 0.05) is 18.9 Å². The lowest BCUT2D eigenvalue weighted by Gasteiger charge is -2.43. The summed E-state index contributed by atoms with van der Waals surface area (Å²) in [5.41, 5.74) is 0.0850. The van der Waals surface area contributed by atoms with Crippen LogP contribution in [0.25, 0.3) is 0 Å². The number of hydrogen-bond donors (Lipinski definition) is 0. The minimum Gasteiger partial charge on any atom is -0.375 e. The van der Waals surface area contributed by atoms with Crippen molar-refractivity contribution in [3.05, 3.63) is 0 Å². The van der Waals surface area contributed by atoms with Gasteiger partial charge in [0.1, 0.15) is 5.78 Å². The van der Waals surface area contributed by atoms with E-state index in [9.17, 15) is 4.79 Å². The number of ketones is 1. The Morgan fingerprint density at radius 1 is 0.952 bits per heavy atom. The van der Waals surface area contributed by atoms with Gasteiger partial charge in [0.2, 0.25) is 0 Å². The van der Waals surface area contributed by atoms with Gasteiger partial charge in [-0.1, -0.05) is 51.4 Å². The molecule has 3 rings (SSSR count). The lowest BCUT2D eigenvalue weighted by molar-refractivity contribution is -0.143. The van der Waals surface area contributed by atoms with Crippen LogP contribution < -0.4 is 0 Å². The molecule has 0 aromatic rings. The van der Waals surface area contributed by atoms with E-state index in [-0.39, 0.29) is 5.60 Å². The third-order valence-electron chi connectivity index (χ3n) is 6.24. The van der Waals surface area contributed by atoms with Crippen molar-refractivity contribution in [1.29, 1.82) is 0 Å². The second-order valence-electron chi connectivity index (χ2n) is 7.79. The number of Topliss-reactive ketones (excluding diaryl/α,β-unsaturated/α-hetero) is 1. The number of ether oxygens (including phenoxy) is 1. The van der Waals surface area contributed by atoms with Gasteiger partial charge in [0.05, 0.1) is 5.60 Å². The first kappa shape index (κ1) is 15.5. The van der Waals surface area contributed by atoms with E-state index in [1.165, 1.54) is 64.2 Å². The average molecular weight is 292 g/mol. The maximum Gasteiger partial charge on any atom is 0.136 e. The van der Waals surface area contributed by atoms with E-state index in [0.29, 0.717) is 11.7 Å². The second-order valence-corrected chi connectivity index (χ2v) is 7.79. The minimum atomic E-state index is 0.0850. The molecule has 2 nitrogen and oxygen atoms in total. The Kier molecular flexibility index (Phi) is 5.37. The first-order valence-electron chi connectivity index (χ1n) is 9.44. The third-order valence-corrected chi connectivity index (χ3v) is 6.24. The van der Waals surface area contributed by atoms with Gasteiger partial charge >= 0.3 is 0 Å². The van der Waals surface area contributed by atoms with Crippen molar-refractivity contribution >= 4 is 5.78 Å². The quantitative estimate of drug-likeness (QED) is 0.725. The fourth-order valence-electron chi connectivity index (χ4n) is 4.87. The molecule has 0 amide bonds. The zero-order valence-corrected chi connectivity index (χ0v) is 13.6. The highest BCUT2D eigenvalue weighted by atomic mass is 16.5. The van der Waals surface area contributed by atoms with Crippen molar-refractivity contribution in [2.45, 2.75) is 95.5 Å². The maximum absolute atomic E-state index is 12.6. The fourth-order valence-corrected chi connectivity index (χ4v) is 4.87. The molecule has 1 saturated heterocycles. The van der Waals surface area contributed by atoms with Crippen LogP contribution in [-0.2, 0) is 9.53 Å². The molecule has 3 fully saturated rings. The summed E-state index contributed by atoms with van der Waals surface area (Å²) in [5, 5.41) is 0. The van der Waals surface area contributed by atoms with E-state index in [0.717, 1.165) is 38.2 Å². The van der Waals surface area contributed by atoms with Gasteiger partial charge in [0.15, 0.2) is 0 Å². The molecule has 3 aliphatic rings. The number of hydrogen-bond acceptors (Lipinski definition) is 2. The lowest BCUT2D eigenvalue weighted by Crippen LogP contribution is -2.43. The van der Waals surface area contributed by atoms with Crippen molar-refractivity contribution < 1.29 is 9.53 Å². The zero-order chi connectivity index (χ0) is 14.5. The molecule has 0 radical (unpaired) electrons. The van der Waals surface area contributed by atoms with Crippen LogP contribution in [0.4, 0.5) is 0 Å².